The molecule has 138 valence electrons. The number of aromatic nitrogens is 2. The van der Waals surface area contributed by atoms with E-state index < -0.39 is 0 Å². The van der Waals surface area contributed by atoms with Gasteiger partial charge in [0.05, 0.1) is 17.1 Å². The Balaban J connectivity index is 1.60. The van der Waals surface area contributed by atoms with Crippen LogP contribution in [0, 0.1) is 0 Å². The standard InChI is InChI=1S/C21H22N4OS/c1-3-19-23-13-16(27-19)14-24(2)20-17(8-6-11-22-20)21(26)25-12-10-15-7-4-5-9-18(15)25/h4-9,11,13H,3,10,12,14H2,1-2H3. The van der Waals surface area contributed by atoms with Gasteiger partial charge in [-0.2, -0.15) is 0 Å². The van der Waals surface area contributed by atoms with Gasteiger partial charge in [0.1, 0.15) is 5.82 Å². The van der Waals surface area contributed by atoms with Crippen molar-refractivity contribution in [1.82, 2.24) is 9.97 Å². The minimum atomic E-state index is 0.00783. The summed E-state index contributed by atoms with van der Waals surface area (Å²) >= 11 is 1.71. The molecule has 0 unspecified atom stereocenters. The van der Waals surface area contributed by atoms with Crippen molar-refractivity contribution < 1.29 is 4.79 Å². The van der Waals surface area contributed by atoms with Crippen LogP contribution in [0.4, 0.5) is 11.5 Å². The summed E-state index contributed by atoms with van der Waals surface area (Å²) in [6, 6.07) is 11.8. The first-order valence-corrected chi connectivity index (χ1v) is 9.98. The molecule has 1 aromatic carbocycles. The summed E-state index contributed by atoms with van der Waals surface area (Å²) in [5.41, 5.74) is 2.87. The lowest BCUT2D eigenvalue weighted by atomic mass is 10.1. The van der Waals surface area contributed by atoms with Crippen molar-refractivity contribution in [2.75, 3.05) is 23.4 Å². The highest BCUT2D eigenvalue weighted by atomic mass is 32.1. The summed E-state index contributed by atoms with van der Waals surface area (Å²) in [6.45, 7) is 3.51. The Morgan fingerprint density at radius 2 is 2.07 bits per heavy atom. The van der Waals surface area contributed by atoms with E-state index in [1.54, 1.807) is 17.5 Å². The number of thiazole rings is 1. The van der Waals surface area contributed by atoms with E-state index in [4.69, 9.17) is 0 Å². The minimum Gasteiger partial charge on any atom is -0.354 e. The normalized spacial score (nSPS) is 12.9. The molecule has 0 saturated carbocycles. The van der Waals surface area contributed by atoms with Gasteiger partial charge in [0.15, 0.2) is 0 Å². The molecule has 0 aliphatic carbocycles. The van der Waals surface area contributed by atoms with Gasteiger partial charge in [0.25, 0.3) is 5.91 Å². The van der Waals surface area contributed by atoms with Crippen molar-refractivity contribution in [3.63, 3.8) is 0 Å². The number of fused-ring (bicyclic) bond motifs is 1. The van der Waals surface area contributed by atoms with Crippen molar-refractivity contribution in [2.24, 2.45) is 0 Å². The van der Waals surface area contributed by atoms with Crippen LogP contribution in [0.5, 0.6) is 0 Å². The van der Waals surface area contributed by atoms with Gasteiger partial charge in [-0.3, -0.25) is 4.79 Å². The summed E-state index contributed by atoms with van der Waals surface area (Å²) < 4.78 is 0. The molecule has 6 heteroatoms. The smallest absolute Gasteiger partial charge is 0.262 e. The van der Waals surface area contributed by atoms with E-state index in [1.165, 1.54) is 10.4 Å². The maximum Gasteiger partial charge on any atom is 0.262 e. The highest BCUT2D eigenvalue weighted by molar-refractivity contribution is 7.11. The summed E-state index contributed by atoms with van der Waals surface area (Å²) in [4.78, 5) is 27.3. The molecular formula is C21H22N4OS. The lowest BCUT2D eigenvalue weighted by Gasteiger charge is -2.23. The van der Waals surface area contributed by atoms with Crippen molar-refractivity contribution in [2.45, 2.75) is 26.3 Å². The molecular weight excluding hydrogens is 356 g/mol. The van der Waals surface area contributed by atoms with Crippen LogP contribution in [0.1, 0.15) is 32.7 Å². The van der Waals surface area contributed by atoms with E-state index in [2.05, 4.69) is 23.0 Å². The number of nitrogens with zero attached hydrogens (tertiary/aromatic N) is 4. The molecule has 0 atom stereocenters. The zero-order valence-electron chi connectivity index (χ0n) is 15.6. The third-order valence-electron chi connectivity index (χ3n) is 4.81. The van der Waals surface area contributed by atoms with Crippen molar-refractivity contribution in [1.29, 1.82) is 0 Å². The van der Waals surface area contributed by atoms with E-state index >= 15 is 0 Å². The SMILES string of the molecule is CCc1ncc(CN(C)c2ncccc2C(=O)N2CCc3ccccc32)s1. The van der Waals surface area contributed by atoms with E-state index in [1.807, 2.05) is 53.4 Å². The Kier molecular flexibility index (Phi) is 4.90. The van der Waals surface area contributed by atoms with Gasteiger partial charge in [0.2, 0.25) is 0 Å². The fourth-order valence-electron chi connectivity index (χ4n) is 3.46. The first kappa shape index (κ1) is 17.7. The second-order valence-electron chi connectivity index (χ2n) is 6.64. The van der Waals surface area contributed by atoms with Gasteiger partial charge < -0.3 is 9.80 Å². The van der Waals surface area contributed by atoms with Crippen LogP contribution in [-0.2, 0) is 19.4 Å². The Morgan fingerprint density at radius 3 is 2.89 bits per heavy atom. The van der Waals surface area contributed by atoms with Gasteiger partial charge in [-0.05, 0) is 36.6 Å². The molecule has 0 radical (unpaired) electrons. The third-order valence-corrected chi connectivity index (χ3v) is 5.93. The molecule has 5 nitrogen and oxygen atoms in total. The first-order valence-electron chi connectivity index (χ1n) is 9.17. The Bertz CT molecular complexity index is 968. The molecule has 1 amide bonds. The lowest BCUT2D eigenvalue weighted by Crippen LogP contribution is -2.31. The number of carbonyl (C=O) groups excluding carboxylic acids is 1. The van der Waals surface area contributed by atoms with Crippen LogP contribution in [0.3, 0.4) is 0 Å². The Labute approximate surface area is 163 Å². The van der Waals surface area contributed by atoms with Gasteiger partial charge in [0, 0.05) is 36.6 Å². The number of pyridine rings is 1. The second kappa shape index (κ2) is 7.48. The molecule has 1 aliphatic rings. The summed E-state index contributed by atoms with van der Waals surface area (Å²) in [5, 5.41) is 1.13. The fraction of sp³-hybridized carbons (Fsp3) is 0.286. The van der Waals surface area contributed by atoms with Crippen LogP contribution < -0.4 is 9.80 Å². The molecule has 0 spiro atoms. The minimum absolute atomic E-state index is 0.00783. The number of para-hydroxylation sites is 1. The quantitative estimate of drug-likeness (QED) is 0.675. The summed E-state index contributed by atoms with van der Waals surface area (Å²) in [6.07, 6.45) is 5.50. The fourth-order valence-corrected chi connectivity index (χ4v) is 4.37. The van der Waals surface area contributed by atoms with Crippen LogP contribution in [0.2, 0.25) is 0 Å². The molecule has 0 bridgehead atoms. The van der Waals surface area contributed by atoms with Crippen LogP contribution in [-0.4, -0.2) is 29.5 Å². The van der Waals surface area contributed by atoms with Gasteiger partial charge in [-0.15, -0.1) is 11.3 Å². The van der Waals surface area contributed by atoms with E-state index in [9.17, 15) is 4.79 Å². The third kappa shape index (κ3) is 3.45. The maximum absolute atomic E-state index is 13.3. The van der Waals surface area contributed by atoms with Crippen LogP contribution in [0.15, 0.2) is 48.8 Å². The molecule has 3 aromatic rings. The number of carbonyl (C=O) groups is 1. The van der Waals surface area contributed by atoms with E-state index in [0.717, 1.165) is 23.5 Å². The Hall–Kier alpha value is -2.73. The molecule has 3 heterocycles. The van der Waals surface area contributed by atoms with Crippen molar-refractivity contribution in [3.05, 3.63) is 69.8 Å². The average Bonchev–Trinajstić information content (AvgIpc) is 3.34. The number of anilines is 2. The lowest BCUT2D eigenvalue weighted by molar-refractivity contribution is 0.0989. The summed E-state index contributed by atoms with van der Waals surface area (Å²) in [5.74, 6) is 0.715. The average molecular weight is 379 g/mol. The van der Waals surface area contributed by atoms with E-state index in [-0.39, 0.29) is 5.91 Å². The molecule has 27 heavy (non-hydrogen) atoms. The molecule has 0 fully saturated rings. The van der Waals surface area contributed by atoms with Crippen LogP contribution in [0.25, 0.3) is 0 Å². The van der Waals surface area contributed by atoms with Crippen molar-refractivity contribution >= 4 is 28.7 Å². The van der Waals surface area contributed by atoms with Gasteiger partial charge >= 0.3 is 0 Å². The zero-order valence-corrected chi connectivity index (χ0v) is 16.4. The number of benzene rings is 1. The number of rotatable bonds is 5. The number of hydrogen-bond acceptors (Lipinski definition) is 5. The number of amides is 1. The first-order chi connectivity index (χ1) is 13.2. The maximum atomic E-state index is 13.3. The van der Waals surface area contributed by atoms with Gasteiger partial charge in [-0.25, -0.2) is 9.97 Å². The van der Waals surface area contributed by atoms with Crippen LogP contribution >= 0.6 is 11.3 Å². The van der Waals surface area contributed by atoms with E-state index in [0.29, 0.717) is 24.5 Å². The Morgan fingerprint density at radius 1 is 1.22 bits per heavy atom. The highest BCUT2D eigenvalue weighted by Crippen LogP contribution is 2.30. The predicted octanol–water partition coefficient (Wildman–Crippen LogP) is 3.94. The highest BCUT2D eigenvalue weighted by Gasteiger charge is 2.27. The topological polar surface area (TPSA) is 49.3 Å². The molecule has 4 rings (SSSR count). The summed E-state index contributed by atoms with van der Waals surface area (Å²) in [7, 11) is 1.97. The predicted molar refractivity (Wildman–Crippen MR) is 110 cm³/mol. The molecule has 0 saturated heterocycles. The molecule has 2 aromatic heterocycles. The molecule has 0 N–H and O–H groups in total. The van der Waals surface area contributed by atoms with Gasteiger partial charge in [-0.1, -0.05) is 25.1 Å². The largest absolute Gasteiger partial charge is 0.354 e. The molecule has 1 aliphatic heterocycles. The second-order valence-corrected chi connectivity index (χ2v) is 7.84. The number of aryl methyl sites for hydroxylation is 1. The number of hydrogen-bond donors (Lipinski definition) is 0. The monoisotopic (exact) mass is 378 g/mol. The zero-order chi connectivity index (χ0) is 18.8. The van der Waals surface area contributed by atoms with Crippen molar-refractivity contribution in [3.8, 4) is 0 Å².